The molecule has 0 unspecified atom stereocenters. The lowest BCUT2D eigenvalue weighted by atomic mass is 10.0. The third-order valence-electron chi connectivity index (χ3n) is 4.03. The van der Waals surface area contributed by atoms with E-state index >= 15 is 0 Å². The van der Waals surface area contributed by atoms with Gasteiger partial charge >= 0.3 is 5.97 Å². The number of rotatable bonds is 7. The summed E-state index contributed by atoms with van der Waals surface area (Å²) in [5.41, 5.74) is 6.34. The van der Waals surface area contributed by atoms with E-state index in [4.69, 9.17) is 21.0 Å². The molecule has 136 valence electrons. The largest absolute Gasteiger partial charge is 0.491 e. The van der Waals surface area contributed by atoms with Crippen LogP contribution in [0.5, 0.6) is 5.75 Å². The zero-order valence-corrected chi connectivity index (χ0v) is 14.6. The van der Waals surface area contributed by atoms with E-state index in [0.29, 0.717) is 17.0 Å². The van der Waals surface area contributed by atoms with Crippen LogP contribution in [0, 0.1) is 11.3 Å². The summed E-state index contributed by atoms with van der Waals surface area (Å²) in [6.45, 7) is 0.285. The molecule has 0 radical (unpaired) electrons. The number of thiazole rings is 1. The minimum Gasteiger partial charge on any atom is -0.491 e. The highest BCUT2D eigenvalue weighted by molar-refractivity contribution is 7.16. The number of carbonyl (C=O) groups excluding carboxylic acids is 1. The summed E-state index contributed by atoms with van der Waals surface area (Å²) in [5.74, 6) is -1.07. The van der Waals surface area contributed by atoms with Crippen LogP contribution in [0.25, 0.3) is 10.6 Å². The number of carbonyl (C=O) groups is 2. The third-order valence-corrected chi connectivity index (χ3v) is 5.11. The molecule has 9 heteroatoms. The minimum absolute atomic E-state index is 0.00600. The van der Waals surface area contributed by atoms with Gasteiger partial charge in [-0.05, 0) is 30.7 Å². The standard InChI is InChI=1S/C17H18N4O4S/c18-15(19)13-7-20-17(26-13)9-1-3-12(4-2-9)25-8-11-5-10(6-14(22)23)16(24)21-11/h1-4,7,10-11H,5-6,8H2,(H3,18,19)(H,21,24)(H,22,23)/t10-,11-/m0/s1. The number of aliphatic carboxylic acids is 1. The summed E-state index contributed by atoms with van der Waals surface area (Å²) in [6.07, 6.45) is 1.87. The van der Waals surface area contributed by atoms with Crippen LogP contribution in [-0.2, 0) is 9.59 Å². The molecule has 1 aromatic heterocycles. The molecule has 1 amide bonds. The van der Waals surface area contributed by atoms with Gasteiger partial charge in [-0.1, -0.05) is 0 Å². The van der Waals surface area contributed by atoms with Crippen LogP contribution in [0.2, 0.25) is 0 Å². The first-order valence-electron chi connectivity index (χ1n) is 7.98. The van der Waals surface area contributed by atoms with Gasteiger partial charge in [-0.3, -0.25) is 15.0 Å². The molecule has 1 saturated heterocycles. The maximum absolute atomic E-state index is 11.7. The summed E-state index contributed by atoms with van der Waals surface area (Å²) >= 11 is 1.34. The number of carboxylic acid groups (broad SMARTS) is 1. The smallest absolute Gasteiger partial charge is 0.304 e. The second-order valence-corrected chi connectivity index (χ2v) is 7.05. The van der Waals surface area contributed by atoms with E-state index in [2.05, 4.69) is 10.3 Å². The topological polar surface area (TPSA) is 138 Å². The first-order valence-corrected chi connectivity index (χ1v) is 8.79. The molecule has 0 saturated carbocycles. The molecule has 1 fully saturated rings. The van der Waals surface area contributed by atoms with Crippen LogP contribution in [-0.4, -0.2) is 40.5 Å². The molecule has 0 spiro atoms. The second-order valence-electron chi connectivity index (χ2n) is 6.01. The highest BCUT2D eigenvalue weighted by Gasteiger charge is 2.33. The quantitative estimate of drug-likeness (QED) is 0.427. The van der Waals surface area contributed by atoms with E-state index in [1.807, 2.05) is 12.1 Å². The predicted molar refractivity (Wildman–Crippen MR) is 96.4 cm³/mol. The van der Waals surface area contributed by atoms with Crippen molar-refractivity contribution in [3.63, 3.8) is 0 Å². The van der Waals surface area contributed by atoms with Crippen molar-refractivity contribution in [3.05, 3.63) is 35.3 Å². The summed E-state index contributed by atoms with van der Waals surface area (Å²) in [7, 11) is 0. The Hall–Kier alpha value is -2.94. The highest BCUT2D eigenvalue weighted by atomic mass is 32.1. The molecular weight excluding hydrogens is 356 g/mol. The summed E-state index contributed by atoms with van der Waals surface area (Å²) in [5, 5.41) is 19.7. The van der Waals surface area contributed by atoms with Crippen molar-refractivity contribution < 1.29 is 19.4 Å². The third kappa shape index (κ3) is 4.17. The maximum Gasteiger partial charge on any atom is 0.304 e. The molecule has 1 aliphatic rings. The number of amidine groups is 1. The molecule has 26 heavy (non-hydrogen) atoms. The SMILES string of the molecule is N=C(N)c1cnc(-c2ccc(OC[C@@H]3C[C@@H](CC(=O)O)C(=O)N3)cc2)s1. The van der Waals surface area contributed by atoms with Gasteiger partial charge in [0.25, 0.3) is 0 Å². The molecule has 0 aliphatic carbocycles. The molecule has 3 rings (SSSR count). The van der Waals surface area contributed by atoms with Crippen LogP contribution in [0.1, 0.15) is 17.7 Å². The Kier molecular flexibility index (Phi) is 5.17. The number of nitrogens with two attached hydrogens (primary N) is 1. The lowest BCUT2D eigenvalue weighted by Crippen LogP contribution is -2.31. The van der Waals surface area contributed by atoms with Gasteiger partial charge in [0.15, 0.2) is 0 Å². The number of nitrogens with one attached hydrogen (secondary N) is 2. The van der Waals surface area contributed by atoms with E-state index < -0.39 is 11.9 Å². The average Bonchev–Trinajstić information content (AvgIpc) is 3.21. The number of aromatic nitrogens is 1. The molecule has 2 aromatic rings. The van der Waals surface area contributed by atoms with Crippen LogP contribution >= 0.6 is 11.3 Å². The van der Waals surface area contributed by atoms with Crippen molar-refractivity contribution in [1.29, 1.82) is 5.41 Å². The van der Waals surface area contributed by atoms with Gasteiger partial charge in [-0.15, -0.1) is 11.3 Å². The van der Waals surface area contributed by atoms with Crippen LogP contribution in [0.15, 0.2) is 30.5 Å². The highest BCUT2D eigenvalue weighted by Crippen LogP contribution is 2.27. The van der Waals surface area contributed by atoms with E-state index in [9.17, 15) is 9.59 Å². The number of amides is 1. The molecule has 5 N–H and O–H groups in total. The zero-order chi connectivity index (χ0) is 18.7. The fraction of sp³-hybridized carbons (Fsp3) is 0.294. The Balaban J connectivity index is 1.55. The fourth-order valence-electron chi connectivity index (χ4n) is 2.75. The predicted octanol–water partition coefficient (Wildman–Crippen LogP) is 1.45. The zero-order valence-electron chi connectivity index (χ0n) is 13.8. The molecule has 1 aromatic carbocycles. The van der Waals surface area contributed by atoms with Gasteiger partial charge in [-0.25, -0.2) is 4.98 Å². The average molecular weight is 374 g/mol. The van der Waals surface area contributed by atoms with E-state index in [0.717, 1.165) is 10.6 Å². The van der Waals surface area contributed by atoms with Crippen LogP contribution in [0.4, 0.5) is 0 Å². The van der Waals surface area contributed by atoms with Gasteiger partial charge in [-0.2, -0.15) is 0 Å². The maximum atomic E-state index is 11.7. The Morgan fingerprint density at radius 2 is 2.15 bits per heavy atom. The Morgan fingerprint density at radius 1 is 1.42 bits per heavy atom. The van der Waals surface area contributed by atoms with Crippen molar-refractivity contribution in [3.8, 4) is 16.3 Å². The van der Waals surface area contributed by atoms with Gasteiger partial charge in [0.1, 0.15) is 23.2 Å². The van der Waals surface area contributed by atoms with E-state index in [1.54, 1.807) is 18.3 Å². The van der Waals surface area contributed by atoms with E-state index in [1.165, 1.54) is 11.3 Å². The lowest BCUT2D eigenvalue weighted by molar-refractivity contribution is -0.140. The van der Waals surface area contributed by atoms with Crippen molar-refractivity contribution in [2.24, 2.45) is 11.7 Å². The Morgan fingerprint density at radius 3 is 2.77 bits per heavy atom. The van der Waals surface area contributed by atoms with Crippen molar-refractivity contribution in [2.45, 2.75) is 18.9 Å². The number of nitrogens with zero attached hydrogens (tertiary/aromatic N) is 1. The number of hydrogen-bond donors (Lipinski definition) is 4. The number of carboxylic acids is 1. The van der Waals surface area contributed by atoms with Crippen LogP contribution < -0.4 is 15.8 Å². The normalized spacial score (nSPS) is 19.2. The molecule has 2 heterocycles. The molecular formula is C17H18N4O4S. The summed E-state index contributed by atoms with van der Waals surface area (Å²) < 4.78 is 5.69. The number of hydrogen-bond acceptors (Lipinski definition) is 6. The second kappa shape index (κ2) is 7.52. The Bertz CT molecular complexity index is 834. The van der Waals surface area contributed by atoms with Gasteiger partial charge in [0.2, 0.25) is 5.91 Å². The number of benzene rings is 1. The number of nitrogen functional groups attached to an aromatic ring is 1. The summed E-state index contributed by atoms with van der Waals surface area (Å²) in [6, 6.07) is 7.13. The van der Waals surface area contributed by atoms with Gasteiger partial charge < -0.3 is 20.9 Å². The molecule has 2 atom stereocenters. The van der Waals surface area contributed by atoms with Crippen molar-refractivity contribution in [2.75, 3.05) is 6.61 Å². The lowest BCUT2D eigenvalue weighted by Gasteiger charge is -2.12. The van der Waals surface area contributed by atoms with Crippen molar-refractivity contribution in [1.82, 2.24) is 10.3 Å². The Labute approximate surface area is 153 Å². The van der Waals surface area contributed by atoms with Gasteiger partial charge in [0.05, 0.1) is 23.3 Å². The van der Waals surface area contributed by atoms with Gasteiger partial charge in [0, 0.05) is 11.8 Å². The molecule has 1 aliphatic heterocycles. The monoisotopic (exact) mass is 374 g/mol. The fourth-order valence-corrected chi connectivity index (χ4v) is 3.53. The first-order chi connectivity index (χ1) is 12.4. The summed E-state index contributed by atoms with van der Waals surface area (Å²) in [4.78, 5) is 27.3. The van der Waals surface area contributed by atoms with E-state index in [-0.39, 0.29) is 30.8 Å². The molecule has 8 nitrogen and oxygen atoms in total. The minimum atomic E-state index is -0.975. The van der Waals surface area contributed by atoms with Crippen molar-refractivity contribution >= 4 is 29.0 Å². The number of ether oxygens (including phenoxy) is 1. The van der Waals surface area contributed by atoms with Crippen LogP contribution in [0.3, 0.4) is 0 Å². The molecule has 0 bridgehead atoms. The first kappa shape index (κ1) is 17.9.